The van der Waals surface area contributed by atoms with E-state index in [-0.39, 0.29) is 30.2 Å². The molecule has 5 nitrogen and oxygen atoms in total. The maximum absolute atomic E-state index is 12.0. The Labute approximate surface area is 132 Å². The number of guanidine groups is 1. The number of amides is 2. The lowest BCUT2D eigenvalue weighted by molar-refractivity contribution is -0.120. The molecular formula is C16H15N3O2S. The first-order valence-corrected chi connectivity index (χ1v) is 7.79. The van der Waals surface area contributed by atoms with Gasteiger partial charge in [0.2, 0.25) is 11.9 Å². The van der Waals surface area contributed by atoms with Crippen molar-refractivity contribution in [1.82, 2.24) is 10.6 Å². The molecule has 0 radical (unpaired) electrons. The molecule has 1 atom stereocenters. The van der Waals surface area contributed by atoms with Crippen LogP contribution in [0.25, 0.3) is 0 Å². The molecule has 1 unspecified atom stereocenters. The lowest BCUT2D eigenvalue weighted by atomic mass is 10.0. The molecule has 2 amide bonds. The molecule has 2 aromatic rings. The second kappa shape index (κ2) is 6.11. The van der Waals surface area contributed by atoms with Crippen LogP contribution in [0.5, 0.6) is 0 Å². The topological polar surface area (TPSA) is 70.6 Å². The molecule has 6 heteroatoms. The Balaban J connectivity index is 1.79. The van der Waals surface area contributed by atoms with Crippen LogP contribution in [-0.2, 0) is 4.79 Å². The maximum Gasteiger partial charge on any atom is 0.268 e. The summed E-state index contributed by atoms with van der Waals surface area (Å²) in [6, 6.07) is 11.1. The molecule has 1 aromatic heterocycles. The normalized spacial score (nSPS) is 17.6. The number of hydrogen-bond acceptors (Lipinski definition) is 4. The summed E-state index contributed by atoms with van der Waals surface area (Å²) in [7, 11) is 0. The summed E-state index contributed by atoms with van der Waals surface area (Å²) < 4.78 is 0. The van der Waals surface area contributed by atoms with Crippen LogP contribution in [0.15, 0.2) is 46.8 Å². The minimum Gasteiger partial charge on any atom is -0.296 e. The molecule has 0 saturated heterocycles. The summed E-state index contributed by atoms with van der Waals surface area (Å²) in [5.41, 5.74) is 2.11. The first-order valence-electron chi connectivity index (χ1n) is 6.91. The van der Waals surface area contributed by atoms with E-state index in [9.17, 15) is 9.59 Å². The number of carbonyl (C=O) groups excluding carboxylic acids is 2. The number of aryl methyl sites for hydroxylation is 1. The van der Waals surface area contributed by atoms with Crippen LogP contribution in [0.2, 0.25) is 0 Å². The number of benzene rings is 1. The zero-order valence-electron chi connectivity index (χ0n) is 12.0. The number of nitrogens with zero attached hydrogens (tertiary/aromatic N) is 1. The smallest absolute Gasteiger partial charge is 0.268 e. The zero-order chi connectivity index (χ0) is 15.5. The highest BCUT2D eigenvalue weighted by Gasteiger charge is 2.23. The van der Waals surface area contributed by atoms with Crippen LogP contribution in [0, 0.1) is 6.92 Å². The van der Waals surface area contributed by atoms with Crippen molar-refractivity contribution in [3.63, 3.8) is 0 Å². The number of nitrogens with one attached hydrogen (secondary N) is 2. The Kier molecular flexibility index (Phi) is 4.02. The van der Waals surface area contributed by atoms with Gasteiger partial charge in [-0.15, -0.1) is 11.3 Å². The monoisotopic (exact) mass is 313 g/mol. The van der Waals surface area contributed by atoms with Crippen LogP contribution in [0.1, 0.15) is 33.3 Å². The van der Waals surface area contributed by atoms with Crippen LogP contribution < -0.4 is 10.6 Å². The summed E-state index contributed by atoms with van der Waals surface area (Å²) in [5, 5.41) is 7.08. The number of rotatable bonds is 2. The molecule has 3 rings (SSSR count). The van der Waals surface area contributed by atoms with Gasteiger partial charge in [-0.05, 0) is 23.9 Å². The Morgan fingerprint density at radius 2 is 2.09 bits per heavy atom. The minimum atomic E-state index is -0.270. The molecule has 2 heterocycles. The number of thiophene rings is 1. The molecule has 1 aliphatic rings. The van der Waals surface area contributed by atoms with Gasteiger partial charge in [0.25, 0.3) is 5.91 Å². The summed E-state index contributed by atoms with van der Waals surface area (Å²) in [6.07, 6.45) is 0.279. The Hall–Kier alpha value is -2.47. The number of carbonyl (C=O) groups is 2. The molecule has 0 aliphatic carbocycles. The van der Waals surface area contributed by atoms with E-state index in [2.05, 4.69) is 15.6 Å². The lowest BCUT2D eigenvalue weighted by Gasteiger charge is -2.21. The van der Waals surface area contributed by atoms with Gasteiger partial charge in [-0.3, -0.25) is 20.2 Å². The fraction of sp³-hybridized carbons (Fsp3) is 0.188. The molecule has 0 spiro atoms. The fourth-order valence-electron chi connectivity index (χ4n) is 2.21. The molecule has 1 aliphatic heterocycles. The first kappa shape index (κ1) is 14.5. The number of aliphatic imine (C=N–C) groups is 1. The van der Waals surface area contributed by atoms with Gasteiger partial charge in [-0.2, -0.15) is 0 Å². The van der Waals surface area contributed by atoms with Crippen molar-refractivity contribution >= 4 is 29.1 Å². The van der Waals surface area contributed by atoms with E-state index in [1.807, 2.05) is 36.6 Å². The average molecular weight is 313 g/mol. The molecular weight excluding hydrogens is 298 g/mol. The zero-order valence-corrected chi connectivity index (χ0v) is 12.8. The molecule has 0 saturated carbocycles. The van der Waals surface area contributed by atoms with Crippen molar-refractivity contribution < 1.29 is 9.59 Å². The molecule has 0 fully saturated rings. The maximum atomic E-state index is 12.0. The van der Waals surface area contributed by atoms with Crippen LogP contribution in [-0.4, -0.2) is 17.8 Å². The SMILES string of the molecule is Cc1ccc(C2CC(=O)NC(NC(=O)c3cccs3)=N2)cc1. The molecule has 1 aromatic carbocycles. The van der Waals surface area contributed by atoms with Gasteiger partial charge in [0.1, 0.15) is 0 Å². The summed E-state index contributed by atoms with van der Waals surface area (Å²) >= 11 is 1.34. The van der Waals surface area contributed by atoms with Gasteiger partial charge in [0, 0.05) is 0 Å². The predicted octanol–water partition coefficient (Wildman–Crippen LogP) is 2.40. The largest absolute Gasteiger partial charge is 0.296 e. The summed E-state index contributed by atoms with van der Waals surface area (Å²) in [4.78, 5) is 28.9. The number of hydrogen-bond donors (Lipinski definition) is 2. The Morgan fingerprint density at radius 3 is 2.77 bits per heavy atom. The summed E-state index contributed by atoms with van der Waals surface area (Å²) in [5.74, 6) is -0.208. The third-order valence-corrected chi connectivity index (χ3v) is 4.23. The van der Waals surface area contributed by atoms with Crippen molar-refractivity contribution in [2.45, 2.75) is 19.4 Å². The van der Waals surface area contributed by atoms with Crippen LogP contribution >= 0.6 is 11.3 Å². The second-order valence-electron chi connectivity index (χ2n) is 5.09. The fourth-order valence-corrected chi connectivity index (χ4v) is 2.83. The molecule has 22 heavy (non-hydrogen) atoms. The highest BCUT2D eigenvalue weighted by atomic mass is 32.1. The van der Waals surface area contributed by atoms with Gasteiger partial charge in [-0.25, -0.2) is 4.99 Å². The molecule has 2 N–H and O–H groups in total. The second-order valence-corrected chi connectivity index (χ2v) is 6.04. The lowest BCUT2D eigenvalue weighted by Crippen LogP contribution is -2.46. The Morgan fingerprint density at radius 1 is 1.32 bits per heavy atom. The highest BCUT2D eigenvalue weighted by molar-refractivity contribution is 7.12. The van der Waals surface area contributed by atoms with Gasteiger partial charge >= 0.3 is 0 Å². The van der Waals surface area contributed by atoms with E-state index in [1.54, 1.807) is 12.1 Å². The van der Waals surface area contributed by atoms with Gasteiger partial charge in [0.15, 0.2) is 0 Å². The van der Waals surface area contributed by atoms with E-state index in [0.29, 0.717) is 4.88 Å². The minimum absolute atomic E-state index is 0.151. The van der Waals surface area contributed by atoms with Crippen molar-refractivity contribution in [3.05, 3.63) is 57.8 Å². The molecule has 112 valence electrons. The van der Waals surface area contributed by atoms with E-state index in [4.69, 9.17) is 0 Å². The quantitative estimate of drug-likeness (QED) is 0.894. The Bertz CT molecular complexity index is 720. The van der Waals surface area contributed by atoms with E-state index in [0.717, 1.165) is 11.1 Å². The van der Waals surface area contributed by atoms with Crippen molar-refractivity contribution in [2.75, 3.05) is 0 Å². The highest BCUT2D eigenvalue weighted by Crippen LogP contribution is 2.23. The van der Waals surface area contributed by atoms with Gasteiger partial charge in [-0.1, -0.05) is 35.9 Å². The van der Waals surface area contributed by atoms with E-state index < -0.39 is 0 Å². The van der Waals surface area contributed by atoms with E-state index in [1.165, 1.54) is 11.3 Å². The third kappa shape index (κ3) is 3.23. The van der Waals surface area contributed by atoms with Gasteiger partial charge < -0.3 is 0 Å². The standard InChI is InChI=1S/C16H15N3O2S/c1-10-4-6-11(7-5-10)12-9-14(20)18-16(17-12)19-15(21)13-3-2-8-22-13/h2-8,12H,9H2,1H3,(H2,17,18,19,20,21). The van der Waals surface area contributed by atoms with Crippen molar-refractivity contribution in [3.8, 4) is 0 Å². The van der Waals surface area contributed by atoms with Gasteiger partial charge in [0.05, 0.1) is 17.3 Å². The van der Waals surface area contributed by atoms with Crippen LogP contribution in [0.4, 0.5) is 0 Å². The van der Waals surface area contributed by atoms with Crippen molar-refractivity contribution in [2.24, 2.45) is 4.99 Å². The van der Waals surface area contributed by atoms with E-state index >= 15 is 0 Å². The van der Waals surface area contributed by atoms with Crippen molar-refractivity contribution in [1.29, 1.82) is 0 Å². The van der Waals surface area contributed by atoms with Crippen LogP contribution in [0.3, 0.4) is 0 Å². The third-order valence-electron chi connectivity index (χ3n) is 3.36. The average Bonchev–Trinajstić information content (AvgIpc) is 3.01. The summed E-state index contributed by atoms with van der Waals surface area (Å²) in [6.45, 7) is 2.01. The molecule has 0 bridgehead atoms. The first-order chi connectivity index (χ1) is 10.6. The predicted molar refractivity (Wildman–Crippen MR) is 85.9 cm³/mol.